The summed E-state index contributed by atoms with van der Waals surface area (Å²) in [6.07, 6.45) is 5.12. The first-order valence-electron chi connectivity index (χ1n) is 8.83. The van der Waals surface area contributed by atoms with E-state index in [1.165, 1.54) is 0 Å². The van der Waals surface area contributed by atoms with E-state index in [-0.39, 0.29) is 22.8 Å². The molecule has 144 valence electrons. The molecule has 0 saturated carbocycles. The maximum atomic E-state index is 12.7. The monoisotopic (exact) mass is 387 g/mol. The highest BCUT2D eigenvalue weighted by molar-refractivity contribution is 6.08. The maximum absolute atomic E-state index is 12.7. The lowest BCUT2D eigenvalue weighted by Crippen LogP contribution is -2.42. The largest absolute Gasteiger partial charge is 0.443 e. The fraction of sp³-hybridized carbons (Fsp3) is 0.0952. The van der Waals surface area contributed by atoms with Gasteiger partial charge in [0.2, 0.25) is 5.88 Å². The number of aryl methyl sites for hydroxylation is 2. The van der Waals surface area contributed by atoms with Gasteiger partial charge in [-0.1, -0.05) is 18.2 Å². The van der Waals surface area contributed by atoms with Crippen LogP contribution in [0.3, 0.4) is 0 Å². The lowest BCUT2D eigenvalue weighted by Gasteiger charge is -2.06. The molecule has 0 fully saturated rings. The van der Waals surface area contributed by atoms with Gasteiger partial charge in [-0.3, -0.25) is 25.0 Å². The maximum Gasteiger partial charge on any atom is 0.274 e. The van der Waals surface area contributed by atoms with Crippen LogP contribution in [0.4, 0.5) is 0 Å². The third-order valence-electron chi connectivity index (χ3n) is 4.67. The Hall–Kier alpha value is -4.25. The molecule has 1 aromatic carbocycles. The molecular formula is C21H17N5O3. The van der Waals surface area contributed by atoms with Crippen LogP contribution >= 0.6 is 0 Å². The smallest absolute Gasteiger partial charge is 0.274 e. The summed E-state index contributed by atoms with van der Waals surface area (Å²) < 4.78 is 9.06. The highest BCUT2D eigenvalue weighted by atomic mass is 16.4. The summed E-state index contributed by atoms with van der Waals surface area (Å²) in [6.45, 7) is 1.59. The van der Waals surface area contributed by atoms with Gasteiger partial charge in [-0.2, -0.15) is 5.26 Å². The number of fused-ring (bicyclic) bond motifs is 1. The van der Waals surface area contributed by atoms with Crippen LogP contribution in [-0.2, 0) is 7.05 Å². The summed E-state index contributed by atoms with van der Waals surface area (Å²) in [7, 11) is 1.84. The van der Waals surface area contributed by atoms with Crippen molar-refractivity contribution in [2.45, 2.75) is 6.92 Å². The SMILES string of the molecule is Cc1oc(-n2cccc2)c(C#N)c1C(=O)NNC(=O)c1cn(C)c2ccccc12. The average molecular weight is 387 g/mol. The zero-order chi connectivity index (χ0) is 20.5. The Balaban J connectivity index is 1.58. The summed E-state index contributed by atoms with van der Waals surface area (Å²) in [5.74, 6) is -0.557. The Morgan fingerprint density at radius 3 is 2.48 bits per heavy atom. The van der Waals surface area contributed by atoms with Crippen LogP contribution in [0, 0.1) is 18.3 Å². The first-order valence-corrected chi connectivity index (χ1v) is 8.83. The molecule has 4 rings (SSSR count). The highest BCUT2D eigenvalue weighted by Gasteiger charge is 2.25. The molecule has 2 N–H and O–H groups in total. The number of amides is 2. The van der Waals surface area contributed by atoms with Crippen molar-refractivity contribution in [2.24, 2.45) is 7.05 Å². The van der Waals surface area contributed by atoms with Gasteiger partial charge in [-0.15, -0.1) is 0 Å². The van der Waals surface area contributed by atoms with Crippen LogP contribution in [0.5, 0.6) is 0 Å². The molecule has 0 bridgehead atoms. The van der Waals surface area contributed by atoms with Gasteiger partial charge in [-0.05, 0) is 25.1 Å². The van der Waals surface area contributed by atoms with Crippen molar-refractivity contribution < 1.29 is 14.0 Å². The van der Waals surface area contributed by atoms with Crippen molar-refractivity contribution in [3.05, 3.63) is 77.4 Å². The highest BCUT2D eigenvalue weighted by Crippen LogP contribution is 2.25. The van der Waals surface area contributed by atoms with E-state index in [2.05, 4.69) is 10.9 Å². The van der Waals surface area contributed by atoms with Crippen LogP contribution in [0.2, 0.25) is 0 Å². The first kappa shape index (κ1) is 18.1. The molecule has 0 unspecified atom stereocenters. The van der Waals surface area contributed by atoms with Crippen molar-refractivity contribution in [3.63, 3.8) is 0 Å². The Kier molecular flexibility index (Phi) is 4.41. The van der Waals surface area contributed by atoms with Gasteiger partial charge in [0, 0.05) is 36.5 Å². The zero-order valence-electron chi connectivity index (χ0n) is 15.8. The van der Waals surface area contributed by atoms with Crippen LogP contribution in [0.15, 0.2) is 59.4 Å². The topological polar surface area (TPSA) is 105 Å². The summed E-state index contributed by atoms with van der Waals surface area (Å²) in [5, 5.41) is 10.3. The standard InChI is InChI=1S/C21H17N5O3/c1-13-18(15(11-22)21(29-13)26-9-5-6-10-26)20(28)24-23-19(27)16-12-25(2)17-8-4-3-7-14(16)17/h3-10,12H,1-2H3,(H,23,27)(H,24,28). The lowest BCUT2D eigenvalue weighted by molar-refractivity contribution is 0.0846. The molecule has 0 aliphatic carbocycles. The molecule has 0 radical (unpaired) electrons. The molecule has 8 nitrogen and oxygen atoms in total. The van der Waals surface area contributed by atoms with E-state index in [1.807, 2.05) is 41.9 Å². The Labute approximate surface area is 165 Å². The second-order valence-corrected chi connectivity index (χ2v) is 6.49. The van der Waals surface area contributed by atoms with Gasteiger partial charge >= 0.3 is 0 Å². The average Bonchev–Trinajstić information content (AvgIpc) is 3.44. The zero-order valence-corrected chi connectivity index (χ0v) is 15.8. The number of rotatable bonds is 3. The summed E-state index contributed by atoms with van der Waals surface area (Å²) in [4.78, 5) is 25.3. The molecule has 29 heavy (non-hydrogen) atoms. The number of carbonyl (C=O) groups is 2. The van der Waals surface area contributed by atoms with Gasteiger partial charge in [0.05, 0.1) is 5.56 Å². The summed E-state index contributed by atoms with van der Waals surface area (Å²) in [5.41, 5.74) is 6.30. The normalized spacial score (nSPS) is 10.7. The summed E-state index contributed by atoms with van der Waals surface area (Å²) in [6, 6.07) is 13.0. The van der Waals surface area contributed by atoms with Crippen molar-refractivity contribution in [3.8, 4) is 12.0 Å². The van der Waals surface area contributed by atoms with Crippen molar-refractivity contribution in [2.75, 3.05) is 0 Å². The number of aromatic nitrogens is 2. The van der Waals surface area contributed by atoms with E-state index in [9.17, 15) is 14.9 Å². The number of benzene rings is 1. The number of nitriles is 1. The first-order chi connectivity index (χ1) is 14.0. The number of para-hydroxylation sites is 1. The molecule has 2 amide bonds. The predicted octanol–water partition coefficient (Wildman–Crippen LogP) is 2.82. The number of nitrogens with zero attached hydrogens (tertiary/aromatic N) is 3. The molecule has 3 aromatic heterocycles. The molecule has 3 heterocycles. The van der Waals surface area contributed by atoms with Crippen LogP contribution in [0.1, 0.15) is 32.0 Å². The molecular weight excluding hydrogens is 370 g/mol. The fourth-order valence-corrected chi connectivity index (χ4v) is 3.32. The molecule has 0 aliphatic rings. The fourth-order valence-electron chi connectivity index (χ4n) is 3.32. The minimum atomic E-state index is -0.630. The number of nitrogens with one attached hydrogen (secondary N) is 2. The predicted molar refractivity (Wildman–Crippen MR) is 105 cm³/mol. The van der Waals surface area contributed by atoms with E-state index in [1.54, 1.807) is 42.2 Å². The van der Waals surface area contributed by atoms with E-state index in [0.29, 0.717) is 5.56 Å². The Morgan fingerprint density at radius 2 is 1.76 bits per heavy atom. The lowest BCUT2D eigenvalue weighted by atomic mass is 10.1. The van der Waals surface area contributed by atoms with E-state index >= 15 is 0 Å². The third-order valence-corrected chi connectivity index (χ3v) is 4.67. The van der Waals surface area contributed by atoms with Crippen molar-refractivity contribution in [1.29, 1.82) is 5.26 Å². The van der Waals surface area contributed by atoms with E-state index in [0.717, 1.165) is 10.9 Å². The Morgan fingerprint density at radius 1 is 1.07 bits per heavy atom. The Bertz CT molecular complexity index is 1270. The number of hydrazine groups is 1. The second kappa shape index (κ2) is 7.05. The van der Waals surface area contributed by atoms with E-state index < -0.39 is 11.8 Å². The van der Waals surface area contributed by atoms with Gasteiger partial charge in [0.1, 0.15) is 23.0 Å². The molecule has 4 aromatic rings. The van der Waals surface area contributed by atoms with Gasteiger partial charge < -0.3 is 8.98 Å². The van der Waals surface area contributed by atoms with Crippen molar-refractivity contribution in [1.82, 2.24) is 20.0 Å². The number of hydrogen-bond acceptors (Lipinski definition) is 4. The minimum absolute atomic E-state index is 0.0782. The number of carbonyl (C=O) groups excluding carboxylic acids is 2. The number of hydrogen-bond donors (Lipinski definition) is 2. The molecule has 8 heteroatoms. The van der Waals surface area contributed by atoms with Gasteiger partial charge in [0.25, 0.3) is 11.8 Å². The van der Waals surface area contributed by atoms with Crippen LogP contribution in [0.25, 0.3) is 16.8 Å². The van der Waals surface area contributed by atoms with Crippen LogP contribution in [-0.4, -0.2) is 20.9 Å². The van der Waals surface area contributed by atoms with E-state index in [4.69, 9.17) is 4.42 Å². The van der Waals surface area contributed by atoms with Gasteiger partial charge in [-0.25, -0.2) is 0 Å². The molecule has 0 spiro atoms. The third kappa shape index (κ3) is 3.04. The number of furan rings is 1. The van der Waals surface area contributed by atoms with Gasteiger partial charge in [0.15, 0.2) is 0 Å². The second-order valence-electron chi connectivity index (χ2n) is 6.49. The molecule has 0 atom stereocenters. The van der Waals surface area contributed by atoms with Crippen LogP contribution < -0.4 is 10.9 Å². The minimum Gasteiger partial charge on any atom is -0.443 e. The molecule has 0 aliphatic heterocycles. The summed E-state index contributed by atoms with van der Waals surface area (Å²) >= 11 is 0. The molecule has 0 saturated heterocycles. The van der Waals surface area contributed by atoms with Crippen molar-refractivity contribution >= 4 is 22.7 Å². The quantitative estimate of drug-likeness (QED) is 0.527.